The fraction of sp³-hybridized carbons (Fsp3) is 0.217. The molecule has 10 heteroatoms. The molecular formula is C23H18F3NO5S. The van der Waals surface area contributed by atoms with E-state index in [1.54, 1.807) is 23.1 Å². The Morgan fingerprint density at radius 2 is 1.79 bits per heavy atom. The number of halogens is 3. The van der Waals surface area contributed by atoms with Crippen molar-refractivity contribution in [2.45, 2.75) is 12.8 Å². The highest BCUT2D eigenvalue weighted by atomic mass is 32.1. The van der Waals surface area contributed by atoms with Crippen LogP contribution < -0.4 is 14.4 Å². The number of hydrogen-bond acceptors (Lipinski definition) is 6. The lowest BCUT2D eigenvalue weighted by Gasteiger charge is -2.27. The third-order valence-electron chi connectivity index (χ3n) is 5.13. The molecular weight excluding hydrogens is 459 g/mol. The van der Waals surface area contributed by atoms with Crippen molar-refractivity contribution in [1.29, 1.82) is 0 Å². The van der Waals surface area contributed by atoms with E-state index in [-0.39, 0.29) is 17.2 Å². The highest BCUT2D eigenvalue weighted by Gasteiger charge is 2.31. The van der Waals surface area contributed by atoms with Gasteiger partial charge in [-0.2, -0.15) is 0 Å². The van der Waals surface area contributed by atoms with Crippen LogP contribution in [0.3, 0.4) is 0 Å². The number of benzene rings is 2. The lowest BCUT2D eigenvalue weighted by molar-refractivity contribution is -0.274. The van der Waals surface area contributed by atoms with Gasteiger partial charge in [-0.25, -0.2) is 4.79 Å². The first-order valence-corrected chi connectivity index (χ1v) is 10.6. The van der Waals surface area contributed by atoms with Crippen molar-refractivity contribution < 1.29 is 37.0 Å². The van der Waals surface area contributed by atoms with E-state index < -0.39 is 12.3 Å². The van der Waals surface area contributed by atoms with Crippen molar-refractivity contribution in [2.75, 3.05) is 25.7 Å². The van der Waals surface area contributed by atoms with E-state index in [2.05, 4.69) is 4.74 Å². The monoisotopic (exact) mass is 477 g/mol. The number of methoxy groups -OCH3 is 2. The van der Waals surface area contributed by atoms with Gasteiger partial charge in [0.25, 0.3) is 5.91 Å². The highest BCUT2D eigenvalue weighted by molar-refractivity contribution is 7.17. The number of carbonyl (C=O) groups is 2. The van der Waals surface area contributed by atoms with E-state index in [0.29, 0.717) is 34.8 Å². The predicted octanol–water partition coefficient (Wildman–Crippen LogP) is 5.31. The van der Waals surface area contributed by atoms with Crippen molar-refractivity contribution in [2.24, 2.45) is 0 Å². The van der Waals surface area contributed by atoms with Crippen LogP contribution in [0.4, 0.5) is 18.9 Å². The third kappa shape index (κ3) is 4.65. The second kappa shape index (κ2) is 8.78. The maximum atomic E-state index is 13.2. The van der Waals surface area contributed by atoms with E-state index >= 15 is 0 Å². The molecule has 172 valence electrons. The second-order valence-electron chi connectivity index (χ2n) is 7.12. The summed E-state index contributed by atoms with van der Waals surface area (Å²) in [5.41, 5.74) is 2.40. The maximum Gasteiger partial charge on any atom is 0.573 e. The summed E-state index contributed by atoms with van der Waals surface area (Å²) in [6.07, 6.45) is -4.15. The van der Waals surface area contributed by atoms with Crippen LogP contribution in [0.1, 0.15) is 25.6 Å². The van der Waals surface area contributed by atoms with Crippen LogP contribution in [-0.2, 0) is 11.2 Å². The summed E-state index contributed by atoms with van der Waals surface area (Å²) >= 11 is 1.28. The van der Waals surface area contributed by atoms with E-state index in [1.165, 1.54) is 49.8 Å². The molecule has 33 heavy (non-hydrogen) atoms. The van der Waals surface area contributed by atoms with Gasteiger partial charge in [-0.3, -0.25) is 4.79 Å². The van der Waals surface area contributed by atoms with Gasteiger partial charge in [0.15, 0.2) is 0 Å². The molecule has 0 radical (unpaired) electrons. The van der Waals surface area contributed by atoms with Crippen LogP contribution in [0.2, 0.25) is 0 Å². The van der Waals surface area contributed by atoms with Crippen LogP contribution in [0.25, 0.3) is 10.4 Å². The molecule has 2 heterocycles. The second-order valence-corrected chi connectivity index (χ2v) is 8.17. The van der Waals surface area contributed by atoms with Gasteiger partial charge in [0.2, 0.25) is 0 Å². The van der Waals surface area contributed by atoms with Gasteiger partial charge in [-0.1, -0.05) is 0 Å². The molecule has 1 aliphatic rings. The summed E-state index contributed by atoms with van der Waals surface area (Å²) in [5, 5.41) is 0. The molecule has 0 spiro atoms. The SMILES string of the molecule is COC(=O)c1ccc(N2CCc3cc(-c4ccc(OC(F)(F)F)cc4)sc3C2=O)cc1OC. The normalized spacial score (nSPS) is 13.5. The van der Waals surface area contributed by atoms with E-state index in [1.807, 2.05) is 6.07 Å². The first-order chi connectivity index (χ1) is 15.7. The topological polar surface area (TPSA) is 65.1 Å². The first-order valence-electron chi connectivity index (χ1n) is 9.77. The Morgan fingerprint density at radius 1 is 1.06 bits per heavy atom. The van der Waals surface area contributed by atoms with Crippen molar-refractivity contribution in [3.8, 4) is 21.9 Å². The summed E-state index contributed by atoms with van der Waals surface area (Å²) in [6.45, 7) is 0.432. The molecule has 0 fully saturated rings. The minimum Gasteiger partial charge on any atom is -0.496 e. The molecule has 0 saturated heterocycles. The van der Waals surface area contributed by atoms with Gasteiger partial charge in [0, 0.05) is 23.2 Å². The molecule has 1 aliphatic heterocycles. The van der Waals surface area contributed by atoms with Crippen LogP contribution in [0.5, 0.6) is 11.5 Å². The number of hydrogen-bond donors (Lipinski definition) is 0. The molecule has 6 nitrogen and oxygen atoms in total. The summed E-state index contributed by atoms with van der Waals surface area (Å²) in [6, 6.07) is 12.2. The number of thiophene rings is 1. The van der Waals surface area contributed by atoms with E-state index in [4.69, 9.17) is 9.47 Å². The minimum atomic E-state index is -4.75. The number of nitrogens with zero attached hydrogens (tertiary/aromatic N) is 1. The molecule has 1 amide bonds. The smallest absolute Gasteiger partial charge is 0.496 e. The first kappa shape index (κ1) is 22.7. The Kier molecular flexibility index (Phi) is 6.03. The lowest BCUT2D eigenvalue weighted by atomic mass is 10.0. The molecule has 1 aromatic heterocycles. The largest absolute Gasteiger partial charge is 0.573 e. The highest BCUT2D eigenvalue weighted by Crippen LogP contribution is 2.38. The Morgan fingerprint density at radius 3 is 2.42 bits per heavy atom. The standard InChI is InChI=1S/C23H18F3NO5S/c1-30-18-12-15(5-8-17(18)22(29)31-2)27-10-9-14-11-19(33-20(14)21(27)28)13-3-6-16(7-4-13)32-23(24,25)26/h3-8,11-12H,9-10H2,1-2H3. The number of fused-ring (bicyclic) bond motifs is 1. The fourth-order valence-electron chi connectivity index (χ4n) is 3.59. The summed E-state index contributed by atoms with van der Waals surface area (Å²) in [7, 11) is 2.70. The number of rotatable bonds is 5. The fourth-order valence-corrected chi connectivity index (χ4v) is 4.75. The molecule has 4 rings (SSSR count). The van der Waals surface area contributed by atoms with Gasteiger partial charge >= 0.3 is 12.3 Å². The maximum absolute atomic E-state index is 13.2. The van der Waals surface area contributed by atoms with Gasteiger partial charge in [-0.05, 0) is 60.0 Å². The van der Waals surface area contributed by atoms with E-state index in [9.17, 15) is 22.8 Å². The number of anilines is 1. The third-order valence-corrected chi connectivity index (χ3v) is 6.34. The molecule has 0 saturated carbocycles. The number of alkyl halides is 3. The van der Waals surface area contributed by atoms with Crippen molar-refractivity contribution >= 4 is 28.9 Å². The Bertz CT molecular complexity index is 1200. The van der Waals surface area contributed by atoms with Gasteiger partial charge in [0.05, 0.1) is 19.1 Å². The number of amides is 1. The predicted molar refractivity (Wildman–Crippen MR) is 116 cm³/mol. The van der Waals surface area contributed by atoms with Crippen LogP contribution in [0.15, 0.2) is 48.5 Å². The van der Waals surface area contributed by atoms with Gasteiger partial charge < -0.3 is 19.1 Å². The van der Waals surface area contributed by atoms with Crippen LogP contribution in [0, 0.1) is 0 Å². The molecule has 0 atom stereocenters. The molecule has 0 bridgehead atoms. The number of ether oxygens (including phenoxy) is 3. The molecule has 0 aliphatic carbocycles. The van der Waals surface area contributed by atoms with Crippen molar-refractivity contribution in [3.05, 3.63) is 64.5 Å². The van der Waals surface area contributed by atoms with Gasteiger partial charge in [-0.15, -0.1) is 24.5 Å². The average Bonchev–Trinajstić information content (AvgIpc) is 3.23. The molecule has 0 N–H and O–H groups in total. The van der Waals surface area contributed by atoms with Crippen molar-refractivity contribution in [3.63, 3.8) is 0 Å². The summed E-state index contributed by atoms with van der Waals surface area (Å²) in [5.74, 6) is -0.747. The van der Waals surface area contributed by atoms with Gasteiger partial charge in [0.1, 0.15) is 17.1 Å². The van der Waals surface area contributed by atoms with E-state index in [0.717, 1.165) is 10.4 Å². The van der Waals surface area contributed by atoms with Crippen LogP contribution >= 0.6 is 11.3 Å². The zero-order chi connectivity index (χ0) is 23.8. The molecule has 0 unspecified atom stereocenters. The Hall–Kier alpha value is -3.53. The lowest BCUT2D eigenvalue weighted by Crippen LogP contribution is -2.36. The number of esters is 1. The Labute approximate surface area is 191 Å². The minimum absolute atomic E-state index is 0.197. The Balaban J connectivity index is 1.59. The zero-order valence-corrected chi connectivity index (χ0v) is 18.4. The quantitative estimate of drug-likeness (QED) is 0.466. The summed E-state index contributed by atoms with van der Waals surface area (Å²) < 4.78 is 51.1. The molecule has 3 aromatic rings. The molecule has 2 aromatic carbocycles. The number of carbonyl (C=O) groups excluding carboxylic acids is 2. The average molecular weight is 477 g/mol. The van der Waals surface area contributed by atoms with Crippen molar-refractivity contribution in [1.82, 2.24) is 0 Å². The van der Waals surface area contributed by atoms with Crippen LogP contribution in [-0.4, -0.2) is 39.0 Å². The zero-order valence-electron chi connectivity index (χ0n) is 17.6. The summed E-state index contributed by atoms with van der Waals surface area (Å²) in [4.78, 5) is 28.0.